The van der Waals surface area contributed by atoms with Crippen molar-refractivity contribution >= 4 is 35.7 Å². The maximum Gasteiger partial charge on any atom is 0.232 e. The molecule has 7 heterocycles. The standard InChI is InChI=1S/C74H140N16/c1-63(2,3)51-65(7,8)81-57-75-59-79-60(76-57)88(54-45-69(15,16)84(28)70(17,18)46-54)40-36-32-34-38-42-90(56-49-73(23,24)86(30)74(25,26)50-56)62-78-58(82-66(9,10)52-64(4,5)6)77-61(80-62)89(55-47-71(19,20)85(29)72(21,22)48-55)41-37-33-31-35-39-87(59)53-43-67(11,12)83(27)68(13,14)44-53/h53-56H,31-52H2,1-30H3,(H,75,76,79,81)(H,77,78,80,82). The topological polar surface area (TPSA) is 127 Å². The summed E-state index contributed by atoms with van der Waals surface area (Å²) in [4.78, 5) is 55.3. The Morgan fingerprint density at radius 2 is 0.478 bits per heavy atom. The summed E-state index contributed by atoms with van der Waals surface area (Å²) in [6.07, 6.45) is 18.6. The minimum atomic E-state index is -0.261. The molecule has 516 valence electrons. The lowest BCUT2D eigenvalue weighted by atomic mass is 9.77. The van der Waals surface area contributed by atoms with Crippen molar-refractivity contribution in [1.29, 1.82) is 0 Å². The summed E-state index contributed by atoms with van der Waals surface area (Å²) >= 11 is 0. The van der Waals surface area contributed by atoms with Crippen LogP contribution in [0.2, 0.25) is 0 Å². The average Bonchev–Trinajstić information content (AvgIpc) is 1.18. The molecular formula is C74H140N16. The van der Waals surface area contributed by atoms with Crippen molar-refractivity contribution in [3.63, 3.8) is 0 Å². The third kappa shape index (κ3) is 18.2. The molecule has 4 bridgehead atoms. The summed E-state index contributed by atoms with van der Waals surface area (Å²) in [5, 5.41) is 7.98. The summed E-state index contributed by atoms with van der Waals surface area (Å²) in [5.74, 6) is 4.70. The van der Waals surface area contributed by atoms with Gasteiger partial charge in [-0.2, -0.15) is 29.9 Å². The summed E-state index contributed by atoms with van der Waals surface area (Å²) in [6.45, 7) is 65.9. The fourth-order valence-corrected chi connectivity index (χ4v) is 18.5. The summed E-state index contributed by atoms with van der Waals surface area (Å²) in [6, 6.07) is 0.960. The molecule has 16 heteroatoms. The maximum atomic E-state index is 5.85. The highest BCUT2D eigenvalue weighted by molar-refractivity contribution is 5.50. The third-order valence-corrected chi connectivity index (χ3v) is 23.1. The van der Waals surface area contributed by atoms with E-state index in [0.717, 1.165) is 166 Å². The van der Waals surface area contributed by atoms with Gasteiger partial charge in [0.05, 0.1) is 0 Å². The number of rotatable bonds is 10. The Morgan fingerprint density at radius 3 is 0.644 bits per heavy atom. The third-order valence-electron chi connectivity index (χ3n) is 23.1. The lowest BCUT2D eigenvalue weighted by Crippen LogP contribution is -2.63. The van der Waals surface area contributed by atoms with Gasteiger partial charge in [-0.05, 0) is 267 Å². The van der Waals surface area contributed by atoms with Gasteiger partial charge >= 0.3 is 0 Å². The van der Waals surface area contributed by atoms with Gasteiger partial charge in [0.15, 0.2) is 0 Å². The number of nitrogens with zero attached hydrogens (tertiary/aromatic N) is 14. The van der Waals surface area contributed by atoms with Gasteiger partial charge in [-0.3, -0.25) is 19.6 Å². The Hall–Kier alpha value is -3.34. The normalized spacial score (nSPS) is 25.6. The van der Waals surface area contributed by atoms with Crippen LogP contribution in [0.4, 0.5) is 35.7 Å². The van der Waals surface area contributed by atoms with Crippen molar-refractivity contribution < 1.29 is 0 Å². The van der Waals surface area contributed by atoms with Gasteiger partial charge in [-0.1, -0.05) is 67.2 Å². The number of hydrogen-bond donors (Lipinski definition) is 2. The van der Waals surface area contributed by atoms with Crippen LogP contribution in [0.25, 0.3) is 0 Å². The molecule has 2 aromatic heterocycles. The van der Waals surface area contributed by atoms with E-state index in [1.54, 1.807) is 0 Å². The first-order chi connectivity index (χ1) is 40.8. The Labute approximate surface area is 553 Å². The van der Waals surface area contributed by atoms with Crippen molar-refractivity contribution in [3.8, 4) is 0 Å². The number of fused-ring (bicyclic) bond motifs is 4. The van der Waals surface area contributed by atoms with E-state index in [9.17, 15) is 0 Å². The highest BCUT2D eigenvalue weighted by atomic mass is 15.4. The van der Waals surface area contributed by atoms with Crippen LogP contribution in [-0.2, 0) is 0 Å². The van der Waals surface area contributed by atoms with Crippen molar-refractivity contribution in [2.24, 2.45) is 10.8 Å². The average molecular weight is 1250 g/mol. The highest BCUT2D eigenvalue weighted by Gasteiger charge is 2.50. The molecule has 5 aliphatic heterocycles. The minimum absolute atomic E-state index is 0.0271. The second kappa shape index (κ2) is 26.3. The fourth-order valence-electron chi connectivity index (χ4n) is 18.5. The zero-order chi connectivity index (χ0) is 67.6. The Morgan fingerprint density at radius 1 is 0.300 bits per heavy atom. The van der Waals surface area contributed by atoms with Crippen LogP contribution < -0.4 is 30.2 Å². The zero-order valence-electron chi connectivity index (χ0n) is 64.1. The Bertz CT molecular complexity index is 2290. The molecule has 0 aromatic carbocycles. The lowest BCUT2D eigenvalue weighted by Gasteiger charge is -2.56. The Balaban J connectivity index is 1.39. The molecule has 90 heavy (non-hydrogen) atoms. The second-order valence-corrected chi connectivity index (χ2v) is 38.6. The first-order valence-corrected chi connectivity index (χ1v) is 36.0. The molecule has 7 rings (SSSR count). The molecule has 2 aromatic rings. The van der Waals surface area contributed by atoms with Gasteiger partial charge in [0, 0.05) is 106 Å². The predicted molar refractivity (Wildman–Crippen MR) is 385 cm³/mol. The maximum absolute atomic E-state index is 5.85. The van der Waals surface area contributed by atoms with E-state index in [2.05, 4.69) is 258 Å². The van der Waals surface area contributed by atoms with E-state index in [0.29, 0.717) is 11.9 Å². The zero-order valence-corrected chi connectivity index (χ0v) is 64.1. The van der Waals surface area contributed by atoms with Crippen LogP contribution in [0.3, 0.4) is 0 Å². The first-order valence-electron chi connectivity index (χ1n) is 36.0. The molecule has 0 aliphatic carbocycles. The van der Waals surface area contributed by atoms with Gasteiger partial charge < -0.3 is 30.2 Å². The van der Waals surface area contributed by atoms with Gasteiger partial charge in [0.1, 0.15) is 0 Å². The molecule has 0 unspecified atom stereocenters. The molecule has 16 nitrogen and oxygen atoms in total. The predicted octanol–water partition coefficient (Wildman–Crippen LogP) is 16.0. The van der Waals surface area contributed by atoms with Crippen LogP contribution in [0, 0.1) is 10.8 Å². The first kappa shape index (κ1) is 74.1. The van der Waals surface area contributed by atoms with Crippen molar-refractivity contribution in [2.75, 3.05) is 84.6 Å². The largest absolute Gasteiger partial charge is 0.349 e. The van der Waals surface area contributed by atoms with Crippen LogP contribution in [0.1, 0.15) is 296 Å². The van der Waals surface area contributed by atoms with E-state index >= 15 is 0 Å². The summed E-state index contributed by atoms with van der Waals surface area (Å²) in [5.41, 5.74) is -0.529. The van der Waals surface area contributed by atoms with Crippen LogP contribution >= 0.6 is 0 Å². The molecular weight excluding hydrogens is 1110 g/mol. The SMILES string of the molecule is CN1C(C)(C)CC(N2CCCCCCN(C3CC(C)(C)N(C)C(C)(C)C3)c3nc(NC(C)(C)CC(C)(C)C)nc(n3)N(C3CC(C)(C)N(C)C(C)(C)C3)CCCCCCN(C3CC(C)(C)N(C)C(C)(C)C3)c3nc(NC(C)(C)CC(C)(C)C)nc2n3)CC1(C)C. The molecule has 2 N–H and O–H groups in total. The molecule has 0 radical (unpaired) electrons. The number of piperidine rings is 4. The number of hydrogen-bond acceptors (Lipinski definition) is 16. The van der Waals surface area contributed by atoms with Crippen molar-refractivity contribution in [3.05, 3.63) is 0 Å². The van der Waals surface area contributed by atoms with Gasteiger partial charge in [0.2, 0.25) is 35.7 Å². The van der Waals surface area contributed by atoms with E-state index in [-0.39, 0.29) is 90.4 Å². The molecule has 4 fully saturated rings. The van der Waals surface area contributed by atoms with Crippen LogP contribution in [-0.4, -0.2) is 183 Å². The quantitative estimate of drug-likeness (QED) is 0.234. The second-order valence-electron chi connectivity index (χ2n) is 38.6. The molecule has 0 spiro atoms. The number of anilines is 6. The molecule has 0 saturated carbocycles. The number of nitrogens with one attached hydrogen (secondary N) is 2. The monoisotopic (exact) mass is 1250 g/mol. The Kier molecular flexibility index (Phi) is 21.7. The molecule has 0 amide bonds. The highest BCUT2D eigenvalue weighted by Crippen LogP contribution is 2.46. The fraction of sp³-hybridized carbons (Fsp3) is 0.919. The van der Waals surface area contributed by atoms with Crippen LogP contribution in [0.15, 0.2) is 0 Å². The van der Waals surface area contributed by atoms with Gasteiger partial charge in [-0.15, -0.1) is 0 Å². The number of aromatic nitrogens is 6. The van der Waals surface area contributed by atoms with Gasteiger partial charge in [0.25, 0.3) is 0 Å². The van der Waals surface area contributed by atoms with Crippen molar-refractivity contribution in [2.45, 2.75) is 375 Å². The van der Waals surface area contributed by atoms with Gasteiger partial charge in [-0.25, -0.2) is 0 Å². The smallest absolute Gasteiger partial charge is 0.232 e. The molecule has 5 aliphatic rings. The summed E-state index contributed by atoms with van der Waals surface area (Å²) < 4.78 is 0. The number of likely N-dealkylation sites (tertiary alicyclic amines) is 4. The van der Waals surface area contributed by atoms with E-state index in [1.807, 2.05) is 0 Å². The van der Waals surface area contributed by atoms with E-state index in [1.165, 1.54) is 0 Å². The van der Waals surface area contributed by atoms with Crippen molar-refractivity contribution in [1.82, 2.24) is 49.5 Å². The molecule has 4 saturated heterocycles. The van der Waals surface area contributed by atoms with E-state index in [4.69, 9.17) is 29.9 Å². The lowest BCUT2D eigenvalue weighted by molar-refractivity contribution is -0.0137. The van der Waals surface area contributed by atoms with E-state index < -0.39 is 0 Å². The summed E-state index contributed by atoms with van der Waals surface area (Å²) in [7, 11) is 9.33. The minimum Gasteiger partial charge on any atom is -0.349 e. The van der Waals surface area contributed by atoms with Crippen LogP contribution in [0.5, 0.6) is 0 Å². The molecule has 0 atom stereocenters.